The Kier molecular flexibility index (Phi) is 1.80. The van der Waals surface area contributed by atoms with Crippen LogP contribution in [0.5, 0.6) is 0 Å². The lowest BCUT2D eigenvalue weighted by molar-refractivity contribution is 0.354. The molecule has 0 aromatic heterocycles. The topological polar surface area (TPSA) is 23.8 Å². The highest BCUT2D eigenvalue weighted by atomic mass is 127. The van der Waals surface area contributed by atoms with E-state index < -0.39 is 0 Å². The lowest BCUT2D eigenvalue weighted by Crippen LogP contribution is -2.30. The third kappa shape index (κ3) is 1.11. The SMILES string of the molecule is C=C1CC(C#N)(CI)C1. The van der Waals surface area contributed by atoms with Crippen LogP contribution < -0.4 is 0 Å². The van der Waals surface area contributed by atoms with Crippen LogP contribution in [0.4, 0.5) is 0 Å². The second-order valence-electron chi connectivity index (χ2n) is 2.63. The number of hydrogen-bond donors (Lipinski definition) is 0. The molecule has 0 saturated heterocycles. The van der Waals surface area contributed by atoms with Crippen LogP contribution in [0, 0.1) is 16.7 Å². The first-order valence-electron chi connectivity index (χ1n) is 2.86. The Morgan fingerprint density at radius 2 is 2.33 bits per heavy atom. The van der Waals surface area contributed by atoms with E-state index in [2.05, 4.69) is 35.2 Å². The van der Waals surface area contributed by atoms with Crippen LogP contribution in [0.2, 0.25) is 0 Å². The van der Waals surface area contributed by atoms with Crippen molar-refractivity contribution in [2.45, 2.75) is 12.8 Å². The van der Waals surface area contributed by atoms with E-state index in [-0.39, 0.29) is 5.41 Å². The van der Waals surface area contributed by atoms with Gasteiger partial charge in [0.05, 0.1) is 11.5 Å². The molecule has 0 N–H and O–H groups in total. The molecule has 0 amide bonds. The van der Waals surface area contributed by atoms with Crippen LogP contribution in [-0.4, -0.2) is 4.43 Å². The van der Waals surface area contributed by atoms with Gasteiger partial charge in [0, 0.05) is 4.43 Å². The van der Waals surface area contributed by atoms with Crippen molar-refractivity contribution in [3.05, 3.63) is 12.2 Å². The van der Waals surface area contributed by atoms with Gasteiger partial charge in [0.15, 0.2) is 0 Å². The monoisotopic (exact) mass is 233 g/mol. The van der Waals surface area contributed by atoms with E-state index in [4.69, 9.17) is 5.26 Å². The minimum atomic E-state index is -0.0301. The van der Waals surface area contributed by atoms with Crippen molar-refractivity contribution in [1.29, 1.82) is 5.26 Å². The molecular weight excluding hydrogens is 225 g/mol. The first kappa shape index (κ1) is 7.07. The molecule has 0 atom stereocenters. The van der Waals surface area contributed by atoms with Gasteiger partial charge in [-0.2, -0.15) is 5.26 Å². The summed E-state index contributed by atoms with van der Waals surface area (Å²) in [6.07, 6.45) is 1.85. The van der Waals surface area contributed by atoms with Crippen LogP contribution in [0.25, 0.3) is 0 Å². The Morgan fingerprint density at radius 3 is 2.44 bits per heavy atom. The quantitative estimate of drug-likeness (QED) is 0.387. The third-order valence-electron chi connectivity index (χ3n) is 1.67. The van der Waals surface area contributed by atoms with Gasteiger partial charge in [0.25, 0.3) is 0 Å². The molecular formula is C7H8IN. The zero-order valence-electron chi connectivity index (χ0n) is 5.15. The molecule has 1 aliphatic carbocycles. The Morgan fingerprint density at radius 1 is 1.78 bits per heavy atom. The van der Waals surface area contributed by atoms with Gasteiger partial charge in [0.2, 0.25) is 0 Å². The highest BCUT2D eigenvalue weighted by molar-refractivity contribution is 14.1. The molecule has 0 heterocycles. The van der Waals surface area contributed by atoms with Crippen LogP contribution in [-0.2, 0) is 0 Å². The number of nitrogens with zero attached hydrogens (tertiary/aromatic N) is 1. The van der Waals surface area contributed by atoms with E-state index in [1.807, 2.05) is 0 Å². The fourth-order valence-electron chi connectivity index (χ4n) is 1.11. The fourth-order valence-corrected chi connectivity index (χ4v) is 1.82. The summed E-state index contributed by atoms with van der Waals surface area (Å²) < 4.78 is 0.945. The van der Waals surface area contributed by atoms with Crippen molar-refractivity contribution >= 4 is 22.6 Å². The van der Waals surface area contributed by atoms with Crippen molar-refractivity contribution < 1.29 is 0 Å². The molecule has 48 valence electrons. The molecule has 0 unspecified atom stereocenters. The average Bonchev–Trinajstić information content (AvgIpc) is 1.81. The average molecular weight is 233 g/mol. The predicted octanol–water partition coefficient (Wildman–Crippen LogP) is 2.28. The number of alkyl halides is 1. The molecule has 1 saturated carbocycles. The molecule has 0 aliphatic heterocycles. The lowest BCUT2D eigenvalue weighted by atomic mass is 9.69. The van der Waals surface area contributed by atoms with Gasteiger partial charge in [-0.15, -0.1) is 0 Å². The number of allylic oxidation sites excluding steroid dienone is 1. The van der Waals surface area contributed by atoms with Crippen LogP contribution in [0.15, 0.2) is 12.2 Å². The summed E-state index contributed by atoms with van der Waals surface area (Å²) in [6, 6.07) is 2.33. The Hall–Kier alpha value is -0.0400. The van der Waals surface area contributed by atoms with Crippen molar-refractivity contribution in [3.8, 4) is 6.07 Å². The number of hydrogen-bond acceptors (Lipinski definition) is 1. The molecule has 2 heteroatoms. The fraction of sp³-hybridized carbons (Fsp3) is 0.571. The molecule has 1 fully saturated rings. The lowest BCUT2D eigenvalue weighted by Gasteiger charge is -2.35. The summed E-state index contributed by atoms with van der Waals surface area (Å²) in [5.41, 5.74) is 1.20. The Labute approximate surface area is 68.9 Å². The maximum absolute atomic E-state index is 8.66. The van der Waals surface area contributed by atoms with E-state index in [0.29, 0.717) is 0 Å². The zero-order chi connectivity index (χ0) is 6.91. The largest absolute Gasteiger partial charge is 0.198 e. The maximum Gasteiger partial charge on any atom is 0.0736 e. The van der Waals surface area contributed by atoms with Gasteiger partial charge in [-0.3, -0.25) is 0 Å². The molecule has 0 aromatic rings. The number of halogens is 1. The molecule has 1 rings (SSSR count). The Balaban J connectivity index is 2.58. The van der Waals surface area contributed by atoms with Crippen molar-refractivity contribution in [2.75, 3.05) is 4.43 Å². The van der Waals surface area contributed by atoms with E-state index >= 15 is 0 Å². The van der Waals surface area contributed by atoms with E-state index in [9.17, 15) is 0 Å². The normalized spacial score (nSPS) is 22.4. The molecule has 0 aromatic carbocycles. The minimum absolute atomic E-state index is 0.0301. The molecule has 0 bridgehead atoms. The molecule has 0 spiro atoms. The molecule has 0 radical (unpaired) electrons. The molecule has 1 nitrogen and oxygen atoms in total. The van der Waals surface area contributed by atoms with E-state index in [0.717, 1.165) is 17.3 Å². The summed E-state index contributed by atoms with van der Waals surface area (Å²) in [4.78, 5) is 0. The number of nitriles is 1. The minimum Gasteiger partial charge on any atom is -0.198 e. The zero-order valence-corrected chi connectivity index (χ0v) is 7.31. The molecule has 9 heavy (non-hydrogen) atoms. The van der Waals surface area contributed by atoms with Gasteiger partial charge in [-0.25, -0.2) is 0 Å². The van der Waals surface area contributed by atoms with Crippen molar-refractivity contribution in [2.24, 2.45) is 5.41 Å². The first-order chi connectivity index (χ1) is 4.22. The van der Waals surface area contributed by atoms with Gasteiger partial charge >= 0.3 is 0 Å². The van der Waals surface area contributed by atoms with Crippen molar-refractivity contribution in [3.63, 3.8) is 0 Å². The highest BCUT2D eigenvalue weighted by Crippen LogP contribution is 2.44. The van der Waals surface area contributed by atoms with Crippen molar-refractivity contribution in [1.82, 2.24) is 0 Å². The smallest absolute Gasteiger partial charge is 0.0736 e. The van der Waals surface area contributed by atoms with E-state index in [1.165, 1.54) is 5.57 Å². The van der Waals surface area contributed by atoms with Crippen LogP contribution in [0.3, 0.4) is 0 Å². The van der Waals surface area contributed by atoms with Gasteiger partial charge in [-0.05, 0) is 12.8 Å². The predicted molar refractivity (Wildman–Crippen MR) is 45.3 cm³/mol. The van der Waals surface area contributed by atoms with Crippen LogP contribution >= 0.6 is 22.6 Å². The van der Waals surface area contributed by atoms with Gasteiger partial charge in [-0.1, -0.05) is 34.7 Å². The molecule has 1 aliphatic rings. The standard InChI is InChI=1S/C7H8IN/c1-6-2-7(3-6,4-8)5-9/h1-4H2. The highest BCUT2D eigenvalue weighted by Gasteiger charge is 2.38. The summed E-state index contributed by atoms with van der Waals surface area (Å²) in [7, 11) is 0. The summed E-state index contributed by atoms with van der Waals surface area (Å²) in [5.74, 6) is 0. The van der Waals surface area contributed by atoms with Gasteiger partial charge in [0.1, 0.15) is 0 Å². The second-order valence-corrected chi connectivity index (χ2v) is 3.39. The van der Waals surface area contributed by atoms with Gasteiger partial charge < -0.3 is 0 Å². The summed E-state index contributed by atoms with van der Waals surface area (Å²) >= 11 is 2.26. The number of rotatable bonds is 1. The first-order valence-corrected chi connectivity index (χ1v) is 4.39. The maximum atomic E-state index is 8.66. The Bertz CT molecular complexity index is 170. The second kappa shape index (κ2) is 2.30. The summed E-state index contributed by atoms with van der Waals surface area (Å²) in [6.45, 7) is 3.80. The summed E-state index contributed by atoms with van der Waals surface area (Å²) in [5, 5.41) is 8.66. The van der Waals surface area contributed by atoms with Crippen LogP contribution in [0.1, 0.15) is 12.8 Å². The third-order valence-corrected chi connectivity index (χ3v) is 3.13. The van der Waals surface area contributed by atoms with E-state index in [1.54, 1.807) is 0 Å².